The van der Waals surface area contributed by atoms with Crippen LogP contribution in [0.25, 0.3) is 0 Å². The summed E-state index contributed by atoms with van der Waals surface area (Å²) in [5, 5.41) is 9.62. The highest BCUT2D eigenvalue weighted by Gasteiger charge is 2.41. The molecule has 9 heteroatoms. The second-order valence-electron chi connectivity index (χ2n) is 7.89. The van der Waals surface area contributed by atoms with Gasteiger partial charge in [-0.25, -0.2) is 4.79 Å². The number of carbonyl (C=O) groups excluding carboxylic acids is 2. The van der Waals surface area contributed by atoms with Gasteiger partial charge in [-0.05, 0) is 12.5 Å². The molecule has 2 atom stereocenters. The number of ether oxygens (including phenoxy) is 2. The highest BCUT2D eigenvalue weighted by atomic mass is 28.3. The van der Waals surface area contributed by atoms with Crippen molar-refractivity contribution in [1.29, 1.82) is 0 Å². The zero-order valence-electron chi connectivity index (χ0n) is 16.8. The molecule has 0 saturated carbocycles. The Bertz CT molecular complexity index is 542. The quantitative estimate of drug-likeness (QED) is 0.469. The number of likely N-dealkylation sites (N-methyl/N-ethyl adjacent to an activating group) is 1. The summed E-state index contributed by atoms with van der Waals surface area (Å²) >= 11 is 0. The highest BCUT2D eigenvalue weighted by Crippen LogP contribution is 2.20. The molecule has 27 heavy (non-hydrogen) atoms. The Morgan fingerprint density at radius 1 is 1.30 bits per heavy atom. The van der Waals surface area contributed by atoms with E-state index in [1.54, 1.807) is 4.90 Å². The fourth-order valence-electron chi connectivity index (χ4n) is 2.78. The molecule has 1 aliphatic heterocycles. The van der Waals surface area contributed by atoms with Crippen molar-refractivity contribution in [3.63, 3.8) is 0 Å². The summed E-state index contributed by atoms with van der Waals surface area (Å²) in [6.45, 7) is 11.9. The van der Waals surface area contributed by atoms with Crippen LogP contribution in [0.5, 0.6) is 0 Å². The minimum atomic E-state index is -1.38. The molecular weight excluding hydrogens is 368 g/mol. The average Bonchev–Trinajstić information content (AvgIpc) is 2.60. The molecule has 0 aromatic rings. The monoisotopic (exact) mass is 400 g/mol. The summed E-state index contributed by atoms with van der Waals surface area (Å²) in [5.74, 6) is -2.65. The van der Waals surface area contributed by atoms with E-state index in [9.17, 15) is 19.5 Å². The SMILES string of the molecule is C=CCC(C(=O)O)C(C(=O)N1CCOCC1)N(C)C(=O)OCC[Si](C)(C)C. The Labute approximate surface area is 162 Å². The lowest BCUT2D eigenvalue weighted by molar-refractivity contribution is -0.152. The summed E-state index contributed by atoms with van der Waals surface area (Å²) in [4.78, 5) is 40.0. The van der Waals surface area contributed by atoms with Gasteiger partial charge in [-0.3, -0.25) is 14.5 Å². The normalized spacial score (nSPS) is 17.0. The Balaban J connectivity index is 2.96. The van der Waals surface area contributed by atoms with Crippen molar-refractivity contribution >= 4 is 26.0 Å². The molecule has 0 radical (unpaired) electrons. The lowest BCUT2D eigenvalue weighted by Gasteiger charge is -2.36. The number of carbonyl (C=O) groups is 3. The Kier molecular flexibility index (Phi) is 8.97. The lowest BCUT2D eigenvalue weighted by Crippen LogP contribution is -2.56. The minimum absolute atomic E-state index is 0.0720. The molecule has 0 bridgehead atoms. The Morgan fingerprint density at radius 2 is 1.89 bits per heavy atom. The molecule has 0 aromatic heterocycles. The van der Waals surface area contributed by atoms with Crippen molar-refractivity contribution in [3.05, 3.63) is 12.7 Å². The smallest absolute Gasteiger partial charge is 0.410 e. The number of allylic oxidation sites excluding steroid dienone is 1. The summed E-state index contributed by atoms with van der Waals surface area (Å²) < 4.78 is 10.6. The molecule has 8 nitrogen and oxygen atoms in total. The number of carboxylic acid groups (broad SMARTS) is 1. The van der Waals surface area contributed by atoms with Gasteiger partial charge in [0.2, 0.25) is 5.91 Å². The van der Waals surface area contributed by atoms with Crippen molar-refractivity contribution in [3.8, 4) is 0 Å². The van der Waals surface area contributed by atoms with Gasteiger partial charge in [0.05, 0.1) is 25.7 Å². The molecule has 0 aromatic carbocycles. The second-order valence-corrected chi connectivity index (χ2v) is 13.5. The minimum Gasteiger partial charge on any atom is -0.481 e. The third kappa shape index (κ3) is 7.34. The van der Waals surface area contributed by atoms with Crippen LogP contribution < -0.4 is 0 Å². The van der Waals surface area contributed by atoms with E-state index in [4.69, 9.17) is 9.47 Å². The van der Waals surface area contributed by atoms with E-state index in [0.717, 1.165) is 10.9 Å². The van der Waals surface area contributed by atoms with Gasteiger partial charge in [-0.2, -0.15) is 0 Å². The van der Waals surface area contributed by atoms with Gasteiger partial charge in [-0.1, -0.05) is 25.7 Å². The first-order chi connectivity index (χ1) is 12.6. The van der Waals surface area contributed by atoms with Gasteiger partial charge >= 0.3 is 12.1 Å². The maximum Gasteiger partial charge on any atom is 0.410 e. The molecular formula is C18H32N2O6Si. The molecule has 1 aliphatic rings. The van der Waals surface area contributed by atoms with Crippen molar-refractivity contribution < 1.29 is 29.0 Å². The first-order valence-electron chi connectivity index (χ1n) is 9.18. The van der Waals surface area contributed by atoms with Crippen molar-refractivity contribution in [2.24, 2.45) is 5.92 Å². The van der Waals surface area contributed by atoms with Gasteiger partial charge in [-0.15, -0.1) is 6.58 Å². The average molecular weight is 401 g/mol. The fourth-order valence-corrected chi connectivity index (χ4v) is 3.50. The number of morpholine rings is 1. The summed E-state index contributed by atoms with van der Waals surface area (Å²) in [5.41, 5.74) is 0. The third-order valence-corrected chi connectivity index (χ3v) is 6.18. The number of carboxylic acids is 1. The van der Waals surface area contributed by atoms with Gasteiger partial charge < -0.3 is 19.5 Å². The van der Waals surface area contributed by atoms with Crippen molar-refractivity contribution in [1.82, 2.24) is 9.80 Å². The molecule has 1 fully saturated rings. The maximum absolute atomic E-state index is 13.0. The van der Waals surface area contributed by atoms with E-state index in [1.165, 1.54) is 13.1 Å². The van der Waals surface area contributed by atoms with Gasteiger partial charge in [0, 0.05) is 28.2 Å². The van der Waals surface area contributed by atoms with Gasteiger partial charge in [0.15, 0.2) is 0 Å². The van der Waals surface area contributed by atoms with Gasteiger partial charge in [0.1, 0.15) is 6.04 Å². The molecule has 154 valence electrons. The number of amides is 2. The lowest BCUT2D eigenvalue weighted by atomic mass is 9.93. The van der Waals surface area contributed by atoms with Crippen molar-refractivity contribution in [2.75, 3.05) is 40.0 Å². The zero-order chi connectivity index (χ0) is 20.6. The van der Waals surface area contributed by atoms with Crippen LogP contribution in [0, 0.1) is 5.92 Å². The number of hydrogen-bond acceptors (Lipinski definition) is 5. The number of hydrogen-bond donors (Lipinski definition) is 1. The van der Waals surface area contributed by atoms with Crippen LogP contribution in [0.1, 0.15) is 6.42 Å². The standard InChI is InChI=1S/C18H32N2O6Si/c1-6-7-14(17(22)23)15(16(21)20-8-10-25-11-9-20)19(2)18(24)26-12-13-27(3,4)5/h6,14-15H,1,7-13H2,2-5H3,(H,22,23). The van der Waals surface area contributed by atoms with E-state index in [-0.39, 0.29) is 13.0 Å². The maximum atomic E-state index is 13.0. The molecule has 2 unspecified atom stereocenters. The molecule has 1 saturated heterocycles. The van der Waals surface area contributed by atoms with Crippen LogP contribution in [-0.4, -0.2) is 86.9 Å². The van der Waals surface area contributed by atoms with E-state index in [1.807, 2.05) is 0 Å². The Morgan fingerprint density at radius 3 is 2.37 bits per heavy atom. The van der Waals surface area contributed by atoms with Crippen LogP contribution in [0.4, 0.5) is 4.79 Å². The van der Waals surface area contributed by atoms with Crippen LogP contribution >= 0.6 is 0 Å². The summed E-state index contributed by atoms with van der Waals surface area (Å²) in [6.07, 6.45) is 0.834. The van der Waals surface area contributed by atoms with Crippen LogP contribution in [0.3, 0.4) is 0 Å². The number of nitrogens with zero attached hydrogens (tertiary/aromatic N) is 2. The topological polar surface area (TPSA) is 96.4 Å². The fraction of sp³-hybridized carbons (Fsp3) is 0.722. The molecule has 1 N–H and O–H groups in total. The Hall–Kier alpha value is -1.87. The van der Waals surface area contributed by atoms with Crippen LogP contribution in [-0.2, 0) is 19.1 Å². The number of rotatable bonds is 9. The predicted molar refractivity (Wildman–Crippen MR) is 104 cm³/mol. The predicted octanol–water partition coefficient (Wildman–Crippen LogP) is 1.90. The van der Waals surface area contributed by atoms with Crippen LogP contribution in [0.2, 0.25) is 25.7 Å². The van der Waals surface area contributed by atoms with E-state index in [0.29, 0.717) is 26.3 Å². The molecule has 0 aliphatic carbocycles. The van der Waals surface area contributed by atoms with Crippen molar-refractivity contribution in [2.45, 2.75) is 38.1 Å². The molecule has 2 amide bonds. The van der Waals surface area contributed by atoms with E-state index < -0.39 is 38.0 Å². The summed E-state index contributed by atoms with van der Waals surface area (Å²) in [7, 11) is 0.0364. The second kappa shape index (κ2) is 10.5. The first kappa shape index (κ1) is 23.2. The largest absolute Gasteiger partial charge is 0.481 e. The van der Waals surface area contributed by atoms with Gasteiger partial charge in [0.25, 0.3) is 0 Å². The van der Waals surface area contributed by atoms with E-state index in [2.05, 4.69) is 26.2 Å². The molecule has 1 heterocycles. The third-order valence-electron chi connectivity index (χ3n) is 4.48. The van der Waals surface area contributed by atoms with Crippen LogP contribution in [0.15, 0.2) is 12.7 Å². The van der Waals surface area contributed by atoms with E-state index >= 15 is 0 Å². The highest BCUT2D eigenvalue weighted by molar-refractivity contribution is 6.76. The molecule has 0 spiro atoms. The zero-order valence-corrected chi connectivity index (χ0v) is 17.8. The summed E-state index contributed by atoms with van der Waals surface area (Å²) in [6, 6.07) is -0.359. The number of aliphatic carboxylic acids is 1. The first-order valence-corrected chi connectivity index (χ1v) is 12.9. The molecule has 1 rings (SSSR count).